The Bertz CT molecular complexity index is 629. The van der Waals surface area contributed by atoms with Crippen molar-refractivity contribution in [3.63, 3.8) is 0 Å². The van der Waals surface area contributed by atoms with E-state index >= 15 is 0 Å². The molecule has 1 amide bonds. The molecule has 0 saturated heterocycles. The highest BCUT2D eigenvalue weighted by atomic mass is 16.5. The van der Waals surface area contributed by atoms with Crippen molar-refractivity contribution >= 4 is 11.9 Å². The van der Waals surface area contributed by atoms with E-state index in [0.717, 1.165) is 37.3 Å². The number of hydrogen-bond acceptors (Lipinski definition) is 3. The Balaban J connectivity index is 1.83. The Morgan fingerprint density at radius 3 is 2.82 bits per heavy atom. The maximum atomic E-state index is 11.8. The van der Waals surface area contributed by atoms with Crippen LogP contribution in [0.4, 0.5) is 0 Å². The second-order valence-corrected chi connectivity index (χ2v) is 7.51. The highest BCUT2D eigenvalue weighted by molar-refractivity contribution is 5.80. The summed E-state index contributed by atoms with van der Waals surface area (Å²) in [6.07, 6.45) is 7.05. The van der Waals surface area contributed by atoms with E-state index in [4.69, 9.17) is 9.73 Å². The van der Waals surface area contributed by atoms with E-state index in [1.807, 2.05) is 24.3 Å². The van der Waals surface area contributed by atoms with Crippen molar-refractivity contribution in [2.75, 3.05) is 13.2 Å². The molecule has 1 unspecified atom stereocenters. The van der Waals surface area contributed by atoms with Crippen molar-refractivity contribution in [1.82, 2.24) is 16.0 Å². The topological polar surface area (TPSA) is 74.8 Å². The second kappa shape index (κ2) is 12.3. The predicted molar refractivity (Wildman–Crippen MR) is 115 cm³/mol. The fraction of sp³-hybridized carbons (Fsp3) is 0.636. The Morgan fingerprint density at radius 2 is 2.11 bits per heavy atom. The minimum Gasteiger partial charge on any atom is -0.484 e. The first kappa shape index (κ1) is 22.1. The van der Waals surface area contributed by atoms with Crippen LogP contribution in [-0.4, -0.2) is 37.1 Å². The number of carbonyl (C=O) groups is 1. The summed E-state index contributed by atoms with van der Waals surface area (Å²) in [5.41, 5.74) is 1.05. The molecule has 28 heavy (non-hydrogen) atoms. The largest absolute Gasteiger partial charge is 0.484 e. The van der Waals surface area contributed by atoms with Gasteiger partial charge in [0.1, 0.15) is 5.75 Å². The van der Waals surface area contributed by atoms with Gasteiger partial charge in [0.25, 0.3) is 5.91 Å². The van der Waals surface area contributed by atoms with Crippen LogP contribution in [0.3, 0.4) is 0 Å². The van der Waals surface area contributed by atoms with Gasteiger partial charge in [0.15, 0.2) is 12.6 Å². The smallest absolute Gasteiger partial charge is 0.258 e. The molecule has 0 bridgehead atoms. The van der Waals surface area contributed by atoms with Gasteiger partial charge in [-0.25, -0.2) is 4.99 Å². The molecule has 6 heteroatoms. The number of hydrogen-bond donors (Lipinski definition) is 3. The average molecular weight is 389 g/mol. The van der Waals surface area contributed by atoms with Crippen molar-refractivity contribution in [2.24, 2.45) is 4.99 Å². The molecule has 3 N–H and O–H groups in total. The van der Waals surface area contributed by atoms with Crippen molar-refractivity contribution in [3.05, 3.63) is 29.8 Å². The highest BCUT2D eigenvalue weighted by Gasteiger charge is 2.23. The van der Waals surface area contributed by atoms with Crippen LogP contribution >= 0.6 is 0 Å². The number of benzene rings is 1. The molecule has 1 aromatic carbocycles. The number of nitrogens with one attached hydrogen (secondary N) is 3. The number of ether oxygens (including phenoxy) is 1. The molecule has 0 heterocycles. The number of unbranched alkanes of at least 4 members (excludes halogenated alkanes) is 2. The number of guanidine groups is 1. The van der Waals surface area contributed by atoms with Gasteiger partial charge in [0.05, 0.1) is 6.54 Å². The zero-order valence-electron chi connectivity index (χ0n) is 17.6. The number of carbonyl (C=O) groups excluding carboxylic acids is 1. The van der Waals surface area contributed by atoms with Gasteiger partial charge in [0, 0.05) is 18.6 Å². The zero-order valence-corrected chi connectivity index (χ0v) is 17.6. The van der Waals surface area contributed by atoms with Gasteiger partial charge in [-0.1, -0.05) is 38.3 Å². The molecule has 1 aliphatic rings. The molecular formula is C22H36N4O2. The molecular weight excluding hydrogens is 352 g/mol. The molecule has 6 nitrogen and oxygen atoms in total. The number of nitrogens with zero attached hydrogens (tertiary/aromatic N) is 1. The Kier molecular flexibility index (Phi) is 9.66. The van der Waals surface area contributed by atoms with Gasteiger partial charge in [-0.3, -0.25) is 4.79 Å². The van der Waals surface area contributed by atoms with Gasteiger partial charge in [0.2, 0.25) is 0 Å². The van der Waals surface area contributed by atoms with Crippen LogP contribution in [0.15, 0.2) is 29.3 Å². The molecule has 156 valence electrons. The van der Waals surface area contributed by atoms with Crippen molar-refractivity contribution in [2.45, 2.75) is 77.9 Å². The lowest BCUT2D eigenvalue weighted by molar-refractivity contribution is -0.123. The highest BCUT2D eigenvalue weighted by Crippen LogP contribution is 2.18. The monoisotopic (exact) mass is 388 g/mol. The Hall–Kier alpha value is -2.24. The maximum absolute atomic E-state index is 11.8. The number of aliphatic imine (C=N–C) groups is 1. The Labute approximate surface area is 169 Å². The van der Waals surface area contributed by atoms with Crippen LogP contribution in [0.1, 0.15) is 64.9 Å². The number of rotatable bonds is 12. The van der Waals surface area contributed by atoms with E-state index in [0.29, 0.717) is 24.4 Å². The third-order valence-electron chi connectivity index (χ3n) is 4.60. The molecule has 1 saturated carbocycles. The fourth-order valence-electron chi connectivity index (χ4n) is 2.88. The van der Waals surface area contributed by atoms with Gasteiger partial charge < -0.3 is 20.7 Å². The van der Waals surface area contributed by atoms with E-state index in [1.165, 1.54) is 19.3 Å². The van der Waals surface area contributed by atoms with Gasteiger partial charge >= 0.3 is 0 Å². The minimum absolute atomic E-state index is 0.0541. The van der Waals surface area contributed by atoms with E-state index in [1.54, 1.807) is 0 Å². The molecule has 1 aromatic rings. The molecule has 1 fully saturated rings. The van der Waals surface area contributed by atoms with Gasteiger partial charge in [-0.15, -0.1) is 0 Å². The van der Waals surface area contributed by atoms with Gasteiger partial charge in [-0.05, 0) is 50.8 Å². The average Bonchev–Trinajstić information content (AvgIpc) is 3.49. The molecule has 1 atom stereocenters. The van der Waals surface area contributed by atoms with E-state index in [-0.39, 0.29) is 12.5 Å². The van der Waals surface area contributed by atoms with Gasteiger partial charge in [-0.2, -0.15) is 0 Å². The van der Waals surface area contributed by atoms with Crippen molar-refractivity contribution < 1.29 is 9.53 Å². The summed E-state index contributed by atoms with van der Waals surface area (Å²) in [5, 5.41) is 9.72. The Morgan fingerprint density at radius 1 is 1.29 bits per heavy atom. The van der Waals surface area contributed by atoms with Crippen LogP contribution in [0.25, 0.3) is 0 Å². The predicted octanol–water partition coefficient (Wildman–Crippen LogP) is 3.37. The summed E-state index contributed by atoms with van der Waals surface area (Å²) >= 11 is 0. The zero-order chi connectivity index (χ0) is 20.2. The van der Waals surface area contributed by atoms with Crippen molar-refractivity contribution in [1.29, 1.82) is 0 Å². The first-order valence-electron chi connectivity index (χ1n) is 10.7. The fourth-order valence-corrected chi connectivity index (χ4v) is 2.88. The summed E-state index contributed by atoms with van der Waals surface area (Å²) in [4.78, 5) is 16.5. The first-order chi connectivity index (χ1) is 13.6. The first-order valence-corrected chi connectivity index (χ1v) is 10.7. The SMILES string of the molecule is CCCCCC(C)NC(=NCc1cccc(OCC(=O)NC2CC2)c1)NCC. The summed E-state index contributed by atoms with van der Waals surface area (Å²) in [7, 11) is 0. The third-order valence-corrected chi connectivity index (χ3v) is 4.60. The molecule has 0 spiro atoms. The molecule has 1 aliphatic carbocycles. The summed E-state index contributed by atoms with van der Waals surface area (Å²) in [5.74, 6) is 1.48. The maximum Gasteiger partial charge on any atom is 0.258 e. The normalized spacial score (nSPS) is 15.0. The van der Waals surface area contributed by atoms with Crippen LogP contribution in [-0.2, 0) is 11.3 Å². The van der Waals surface area contributed by atoms with Crippen LogP contribution in [0.2, 0.25) is 0 Å². The van der Waals surface area contributed by atoms with E-state index < -0.39 is 0 Å². The van der Waals surface area contributed by atoms with Crippen LogP contribution in [0.5, 0.6) is 5.75 Å². The lowest BCUT2D eigenvalue weighted by Crippen LogP contribution is -2.42. The lowest BCUT2D eigenvalue weighted by Gasteiger charge is -2.17. The molecule has 0 aliphatic heterocycles. The van der Waals surface area contributed by atoms with E-state index in [9.17, 15) is 4.79 Å². The minimum atomic E-state index is -0.0541. The number of amides is 1. The van der Waals surface area contributed by atoms with E-state index in [2.05, 4.69) is 36.7 Å². The van der Waals surface area contributed by atoms with Crippen LogP contribution in [0, 0.1) is 0 Å². The summed E-state index contributed by atoms with van der Waals surface area (Å²) in [6, 6.07) is 8.53. The molecule has 0 radical (unpaired) electrons. The quantitative estimate of drug-likeness (QED) is 0.292. The van der Waals surface area contributed by atoms with Crippen LogP contribution < -0.4 is 20.7 Å². The lowest BCUT2D eigenvalue weighted by atomic mass is 10.1. The second-order valence-electron chi connectivity index (χ2n) is 7.51. The third kappa shape index (κ3) is 9.11. The molecule has 2 rings (SSSR count). The summed E-state index contributed by atoms with van der Waals surface area (Å²) < 4.78 is 5.62. The standard InChI is InChI=1S/C22H36N4O2/c1-4-6-7-9-17(3)25-22(23-5-2)24-15-18-10-8-11-20(14-18)28-16-21(27)26-19-12-13-19/h8,10-11,14,17,19H,4-7,9,12-13,15-16H2,1-3H3,(H,26,27)(H2,23,24,25). The molecule has 0 aromatic heterocycles. The van der Waals surface area contributed by atoms with Crippen molar-refractivity contribution in [3.8, 4) is 5.75 Å². The summed E-state index contributed by atoms with van der Waals surface area (Å²) in [6.45, 7) is 7.93.